The number of benzene rings is 2. The van der Waals surface area contributed by atoms with Crippen molar-refractivity contribution in [2.75, 3.05) is 13.7 Å². The Kier molecular flexibility index (Phi) is 6.67. The molecular formula is C20H17NO6. The minimum Gasteiger partial charge on any atom is -0.497 e. The highest BCUT2D eigenvalue weighted by Gasteiger charge is 2.26. The third-order valence-electron chi connectivity index (χ3n) is 3.60. The van der Waals surface area contributed by atoms with Gasteiger partial charge >= 0.3 is 11.9 Å². The van der Waals surface area contributed by atoms with Crippen molar-refractivity contribution in [3.8, 4) is 11.8 Å². The van der Waals surface area contributed by atoms with E-state index in [0.717, 1.165) is 6.92 Å². The minimum absolute atomic E-state index is 0.273. The molecule has 7 nitrogen and oxygen atoms in total. The first-order chi connectivity index (χ1) is 12.9. The summed E-state index contributed by atoms with van der Waals surface area (Å²) in [5, 5.41) is 8.87. The monoisotopic (exact) mass is 367 g/mol. The van der Waals surface area contributed by atoms with Crippen LogP contribution in [0.5, 0.6) is 5.75 Å². The number of ether oxygens (including phenoxy) is 3. The summed E-state index contributed by atoms with van der Waals surface area (Å²) in [6.07, 6.45) is -1.23. The quantitative estimate of drug-likeness (QED) is 0.547. The van der Waals surface area contributed by atoms with Crippen LogP contribution in [-0.2, 0) is 19.1 Å². The van der Waals surface area contributed by atoms with Gasteiger partial charge in [-0.25, -0.2) is 4.79 Å². The molecule has 0 fully saturated rings. The SMILES string of the molecule is COc1ccc(C(OC(=O)COC(C)=O)C(=O)c2ccc(C#N)cc2)cc1. The van der Waals surface area contributed by atoms with Crippen LogP contribution in [-0.4, -0.2) is 31.4 Å². The van der Waals surface area contributed by atoms with Gasteiger partial charge in [0.1, 0.15) is 5.75 Å². The van der Waals surface area contributed by atoms with Crippen molar-refractivity contribution in [1.82, 2.24) is 0 Å². The van der Waals surface area contributed by atoms with E-state index in [0.29, 0.717) is 16.9 Å². The number of carbonyl (C=O) groups is 3. The molecule has 7 heteroatoms. The Labute approximate surface area is 156 Å². The van der Waals surface area contributed by atoms with Crippen molar-refractivity contribution in [3.63, 3.8) is 0 Å². The lowest BCUT2D eigenvalue weighted by Gasteiger charge is -2.18. The molecule has 138 valence electrons. The lowest BCUT2D eigenvalue weighted by molar-refractivity contribution is -0.160. The third-order valence-corrected chi connectivity index (χ3v) is 3.60. The molecule has 0 aliphatic rings. The Bertz CT molecular complexity index is 865. The van der Waals surface area contributed by atoms with Crippen molar-refractivity contribution in [1.29, 1.82) is 5.26 Å². The average molecular weight is 367 g/mol. The van der Waals surface area contributed by atoms with Crippen LogP contribution in [0.15, 0.2) is 48.5 Å². The van der Waals surface area contributed by atoms with Crippen LogP contribution in [0.4, 0.5) is 0 Å². The lowest BCUT2D eigenvalue weighted by atomic mass is 9.99. The van der Waals surface area contributed by atoms with Crippen molar-refractivity contribution in [3.05, 3.63) is 65.2 Å². The van der Waals surface area contributed by atoms with Gasteiger partial charge in [-0.3, -0.25) is 9.59 Å². The van der Waals surface area contributed by atoms with Crippen LogP contribution < -0.4 is 4.74 Å². The predicted molar refractivity (Wildman–Crippen MR) is 93.9 cm³/mol. The van der Waals surface area contributed by atoms with E-state index in [-0.39, 0.29) is 5.56 Å². The molecule has 0 saturated carbocycles. The summed E-state index contributed by atoms with van der Waals surface area (Å²) in [6.45, 7) is 0.568. The molecule has 2 aromatic rings. The summed E-state index contributed by atoms with van der Waals surface area (Å²) in [4.78, 5) is 35.7. The summed E-state index contributed by atoms with van der Waals surface area (Å²) < 4.78 is 15.0. The van der Waals surface area contributed by atoms with Gasteiger partial charge in [0.2, 0.25) is 5.78 Å². The highest BCUT2D eigenvalue weighted by atomic mass is 16.6. The highest BCUT2D eigenvalue weighted by Crippen LogP contribution is 2.25. The molecule has 2 aromatic carbocycles. The number of carbonyl (C=O) groups excluding carboxylic acids is 3. The number of esters is 2. The van der Waals surface area contributed by atoms with E-state index in [1.807, 2.05) is 6.07 Å². The zero-order valence-electron chi connectivity index (χ0n) is 14.8. The molecule has 0 aliphatic carbocycles. The molecule has 1 unspecified atom stereocenters. The van der Waals surface area contributed by atoms with Crippen molar-refractivity contribution in [2.45, 2.75) is 13.0 Å². The molecular weight excluding hydrogens is 350 g/mol. The minimum atomic E-state index is -1.23. The number of nitriles is 1. The van der Waals surface area contributed by atoms with Gasteiger partial charge in [-0.15, -0.1) is 0 Å². The Morgan fingerprint density at radius 2 is 1.67 bits per heavy atom. The maximum Gasteiger partial charge on any atom is 0.345 e. The van der Waals surface area contributed by atoms with Crippen LogP contribution in [0.2, 0.25) is 0 Å². The maximum atomic E-state index is 12.9. The molecule has 27 heavy (non-hydrogen) atoms. The van der Waals surface area contributed by atoms with Gasteiger partial charge in [0.25, 0.3) is 0 Å². The molecule has 0 amide bonds. The fourth-order valence-corrected chi connectivity index (χ4v) is 2.24. The highest BCUT2D eigenvalue weighted by molar-refractivity contribution is 6.01. The molecule has 0 radical (unpaired) electrons. The third kappa shape index (κ3) is 5.41. The molecule has 0 aliphatic heterocycles. The molecule has 0 bridgehead atoms. The summed E-state index contributed by atoms with van der Waals surface area (Å²) in [6, 6.07) is 14.4. The topological polar surface area (TPSA) is 103 Å². The molecule has 0 aromatic heterocycles. The standard InChI is InChI=1S/C20H17NO6/c1-13(22)26-12-18(23)27-20(16-7-9-17(25-2)10-8-16)19(24)15-5-3-14(11-21)4-6-15/h3-10,20H,12H2,1-2H3. The van der Waals surface area contributed by atoms with E-state index in [1.54, 1.807) is 24.3 Å². The Balaban J connectivity index is 2.29. The van der Waals surface area contributed by atoms with E-state index < -0.39 is 30.4 Å². The van der Waals surface area contributed by atoms with Crippen LogP contribution in [0.3, 0.4) is 0 Å². The largest absolute Gasteiger partial charge is 0.497 e. The zero-order chi connectivity index (χ0) is 19.8. The van der Waals surface area contributed by atoms with Crippen LogP contribution in [0.1, 0.15) is 34.5 Å². The van der Waals surface area contributed by atoms with Gasteiger partial charge in [-0.1, -0.05) is 12.1 Å². The van der Waals surface area contributed by atoms with E-state index >= 15 is 0 Å². The van der Waals surface area contributed by atoms with Gasteiger partial charge in [0, 0.05) is 18.1 Å². The van der Waals surface area contributed by atoms with Crippen LogP contribution in [0, 0.1) is 11.3 Å². The normalized spacial score (nSPS) is 11.0. The Morgan fingerprint density at radius 3 is 2.19 bits per heavy atom. The first kappa shape index (κ1) is 19.7. The predicted octanol–water partition coefficient (Wildman–Crippen LogP) is 2.60. The second-order valence-corrected chi connectivity index (χ2v) is 5.48. The average Bonchev–Trinajstić information content (AvgIpc) is 2.70. The maximum absolute atomic E-state index is 12.9. The Hall–Kier alpha value is -3.66. The molecule has 0 N–H and O–H groups in total. The molecule has 2 rings (SSSR count). The van der Waals surface area contributed by atoms with E-state index in [9.17, 15) is 14.4 Å². The van der Waals surface area contributed by atoms with Gasteiger partial charge in [0.05, 0.1) is 18.7 Å². The molecule has 0 heterocycles. The Morgan fingerprint density at radius 1 is 1.04 bits per heavy atom. The van der Waals surface area contributed by atoms with Crippen LogP contribution in [0.25, 0.3) is 0 Å². The van der Waals surface area contributed by atoms with Gasteiger partial charge < -0.3 is 14.2 Å². The molecule has 0 saturated heterocycles. The summed E-state index contributed by atoms with van der Waals surface area (Å²) in [5.74, 6) is -1.38. The number of hydrogen-bond acceptors (Lipinski definition) is 7. The number of hydrogen-bond donors (Lipinski definition) is 0. The summed E-state index contributed by atoms with van der Waals surface area (Å²) in [5.41, 5.74) is 1.11. The second-order valence-electron chi connectivity index (χ2n) is 5.48. The van der Waals surface area contributed by atoms with Crippen molar-refractivity contribution < 1.29 is 28.6 Å². The first-order valence-electron chi connectivity index (χ1n) is 7.95. The van der Waals surface area contributed by atoms with E-state index in [1.165, 1.54) is 31.4 Å². The van der Waals surface area contributed by atoms with E-state index in [2.05, 4.69) is 4.74 Å². The molecule has 0 spiro atoms. The van der Waals surface area contributed by atoms with E-state index in [4.69, 9.17) is 14.7 Å². The summed E-state index contributed by atoms with van der Waals surface area (Å²) >= 11 is 0. The van der Waals surface area contributed by atoms with Gasteiger partial charge in [-0.05, 0) is 36.4 Å². The number of rotatable bonds is 7. The van der Waals surface area contributed by atoms with Crippen molar-refractivity contribution >= 4 is 17.7 Å². The van der Waals surface area contributed by atoms with Gasteiger partial charge in [-0.2, -0.15) is 5.26 Å². The molecule has 1 atom stereocenters. The number of ketones is 1. The smallest absolute Gasteiger partial charge is 0.345 e. The van der Waals surface area contributed by atoms with Gasteiger partial charge in [0.15, 0.2) is 12.7 Å². The lowest BCUT2D eigenvalue weighted by Crippen LogP contribution is -2.23. The fourth-order valence-electron chi connectivity index (χ4n) is 2.24. The number of nitrogens with zero attached hydrogens (tertiary/aromatic N) is 1. The van der Waals surface area contributed by atoms with Crippen molar-refractivity contribution in [2.24, 2.45) is 0 Å². The fraction of sp³-hybridized carbons (Fsp3) is 0.200. The number of Topliss-reactive ketones (excluding diaryl/α,β-unsaturated/α-hetero) is 1. The van der Waals surface area contributed by atoms with Crippen LogP contribution >= 0.6 is 0 Å². The number of methoxy groups -OCH3 is 1. The summed E-state index contributed by atoms with van der Waals surface area (Å²) in [7, 11) is 1.51. The second kappa shape index (κ2) is 9.15. The zero-order valence-corrected chi connectivity index (χ0v) is 14.8. The first-order valence-corrected chi connectivity index (χ1v) is 7.95.